The van der Waals surface area contributed by atoms with Crippen molar-refractivity contribution in [3.05, 3.63) is 40.5 Å². The molecule has 0 unspecified atom stereocenters. The highest BCUT2D eigenvalue weighted by atomic mass is 32.2. The van der Waals surface area contributed by atoms with Crippen LogP contribution < -0.4 is 5.32 Å². The lowest BCUT2D eigenvalue weighted by Gasteiger charge is -2.30. The summed E-state index contributed by atoms with van der Waals surface area (Å²) in [6.45, 7) is 3.74. The highest BCUT2D eigenvalue weighted by Gasteiger charge is 2.29. The maximum Gasteiger partial charge on any atom is 0.322 e. The lowest BCUT2D eigenvalue weighted by atomic mass is 9.96. The van der Waals surface area contributed by atoms with E-state index in [-0.39, 0.29) is 28.4 Å². The number of sulfonamides is 1. The summed E-state index contributed by atoms with van der Waals surface area (Å²) in [6.07, 6.45) is 5.00. The minimum atomic E-state index is -3.61. The predicted molar refractivity (Wildman–Crippen MR) is 121 cm³/mol. The van der Waals surface area contributed by atoms with Crippen molar-refractivity contribution < 1.29 is 17.6 Å². The lowest BCUT2D eigenvalue weighted by Crippen LogP contribution is -2.38. The van der Waals surface area contributed by atoms with E-state index in [1.165, 1.54) is 39.9 Å². The van der Waals surface area contributed by atoms with Crippen molar-refractivity contribution >= 4 is 33.3 Å². The van der Waals surface area contributed by atoms with Crippen molar-refractivity contribution in [2.75, 3.05) is 12.4 Å². The van der Waals surface area contributed by atoms with Crippen LogP contribution in [0.4, 0.5) is 6.01 Å². The van der Waals surface area contributed by atoms with Crippen LogP contribution in [-0.4, -0.2) is 46.9 Å². The average Bonchev–Trinajstić information content (AvgIpc) is 3.39. The van der Waals surface area contributed by atoms with Crippen molar-refractivity contribution in [1.82, 2.24) is 19.5 Å². The molecule has 0 radical (unpaired) electrons. The Morgan fingerprint density at radius 1 is 1.12 bits per heavy atom. The van der Waals surface area contributed by atoms with Crippen LogP contribution in [0.25, 0.3) is 10.8 Å². The van der Waals surface area contributed by atoms with Crippen LogP contribution in [0.3, 0.4) is 0 Å². The van der Waals surface area contributed by atoms with Gasteiger partial charge in [-0.1, -0.05) is 24.4 Å². The first-order chi connectivity index (χ1) is 15.3. The third-order valence-electron chi connectivity index (χ3n) is 5.63. The van der Waals surface area contributed by atoms with Crippen LogP contribution in [0.5, 0.6) is 0 Å². The molecule has 0 spiro atoms. The zero-order valence-electron chi connectivity index (χ0n) is 18.2. The second kappa shape index (κ2) is 9.08. The van der Waals surface area contributed by atoms with Gasteiger partial charge in [0.2, 0.25) is 10.0 Å². The molecule has 4 rings (SSSR count). The number of benzene rings is 1. The quantitative estimate of drug-likeness (QED) is 0.572. The maximum atomic E-state index is 13.0. The standard InChI is InChI=1S/C21H25N5O4S2/c1-13-18(31-14(2)22-13)20-24-25-21(30-20)23-19(27)15-9-11-17(12-10-15)32(28,29)26(3)16-7-5-4-6-8-16/h9-12,16H,4-8H2,1-3H3,(H,23,25,27). The van der Waals surface area contributed by atoms with Gasteiger partial charge in [-0.15, -0.1) is 16.4 Å². The summed E-state index contributed by atoms with van der Waals surface area (Å²) in [5.41, 5.74) is 1.07. The molecule has 11 heteroatoms. The molecule has 0 bridgehead atoms. The van der Waals surface area contributed by atoms with Gasteiger partial charge in [0, 0.05) is 18.7 Å². The van der Waals surface area contributed by atoms with Gasteiger partial charge in [0.25, 0.3) is 11.8 Å². The number of carbonyl (C=O) groups excluding carboxylic acids is 1. The highest BCUT2D eigenvalue weighted by molar-refractivity contribution is 7.89. The molecule has 1 aromatic carbocycles. The van der Waals surface area contributed by atoms with Crippen LogP contribution in [0.1, 0.15) is 53.2 Å². The first kappa shape index (κ1) is 22.6. The fourth-order valence-electron chi connectivity index (χ4n) is 3.85. The van der Waals surface area contributed by atoms with Crippen molar-refractivity contribution in [2.24, 2.45) is 0 Å². The number of hydrogen-bond donors (Lipinski definition) is 1. The molecule has 1 N–H and O–H groups in total. The largest absolute Gasteiger partial charge is 0.402 e. The molecule has 1 fully saturated rings. The smallest absolute Gasteiger partial charge is 0.322 e. The summed E-state index contributed by atoms with van der Waals surface area (Å²) in [5.74, 6) is -0.183. The van der Waals surface area contributed by atoms with Crippen LogP contribution in [0.2, 0.25) is 0 Å². The molecule has 9 nitrogen and oxygen atoms in total. The van der Waals surface area contributed by atoms with E-state index in [1.54, 1.807) is 7.05 Å². The first-order valence-electron chi connectivity index (χ1n) is 10.4. The summed E-state index contributed by atoms with van der Waals surface area (Å²) in [6, 6.07) is 5.84. The van der Waals surface area contributed by atoms with Gasteiger partial charge >= 0.3 is 6.01 Å². The molecule has 170 valence electrons. The Balaban J connectivity index is 1.45. The maximum absolute atomic E-state index is 13.0. The summed E-state index contributed by atoms with van der Waals surface area (Å²) < 4.78 is 32.9. The Morgan fingerprint density at radius 3 is 2.44 bits per heavy atom. The molecule has 2 heterocycles. The number of thiazole rings is 1. The number of rotatable bonds is 6. The van der Waals surface area contributed by atoms with E-state index in [0.29, 0.717) is 0 Å². The molecule has 1 aliphatic rings. The van der Waals surface area contributed by atoms with Crippen LogP contribution >= 0.6 is 11.3 Å². The van der Waals surface area contributed by atoms with Crippen molar-refractivity contribution in [2.45, 2.75) is 56.9 Å². The molecule has 0 atom stereocenters. The Hall–Kier alpha value is -2.63. The topological polar surface area (TPSA) is 118 Å². The van der Waals surface area contributed by atoms with Crippen LogP contribution in [0, 0.1) is 13.8 Å². The molecule has 1 aliphatic carbocycles. The summed E-state index contributed by atoms with van der Waals surface area (Å²) in [5, 5.41) is 11.3. The van der Waals surface area contributed by atoms with E-state index in [2.05, 4.69) is 20.5 Å². The zero-order chi connectivity index (χ0) is 22.9. The van der Waals surface area contributed by atoms with Gasteiger partial charge in [0.05, 0.1) is 15.6 Å². The molecule has 1 amide bonds. The fourth-order valence-corrected chi connectivity index (χ4v) is 6.11. The monoisotopic (exact) mass is 475 g/mol. The molecule has 0 aliphatic heterocycles. The molecule has 3 aromatic rings. The fraction of sp³-hybridized carbons (Fsp3) is 0.429. The van der Waals surface area contributed by atoms with E-state index in [4.69, 9.17) is 4.42 Å². The van der Waals surface area contributed by atoms with Gasteiger partial charge in [-0.3, -0.25) is 10.1 Å². The summed E-state index contributed by atoms with van der Waals surface area (Å²) in [7, 11) is -1.98. The Labute approximate surface area is 190 Å². The van der Waals surface area contributed by atoms with Gasteiger partial charge in [-0.2, -0.15) is 4.31 Å². The molecular weight excluding hydrogens is 450 g/mol. The number of aryl methyl sites for hydroxylation is 2. The zero-order valence-corrected chi connectivity index (χ0v) is 19.8. The summed E-state index contributed by atoms with van der Waals surface area (Å²) >= 11 is 1.43. The number of carbonyl (C=O) groups is 1. The molecule has 0 saturated heterocycles. The average molecular weight is 476 g/mol. The number of aromatic nitrogens is 3. The van der Waals surface area contributed by atoms with Crippen LogP contribution in [0.15, 0.2) is 33.6 Å². The molecule has 1 saturated carbocycles. The predicted octanol–water partition coefficient (Wildman–Crippen LogP) is 4.02. The lowest BCUT2D eigenvalue weighted by molar-refractivity contribution is 0.102. The minimum Gasteiger partial charge on any atom is -0.402 e. The highest BCUT2D eigenvalue weighted by Crippen LogP contribution is 2.30. The SMILES string of the molecule is Cc1nc(C)c(-c2nnc(NC(=O)c3ccc(S(=O)(=O)N(C)C4CCCCC4)cc3)o2)s1. The Bertz CT molecular complexity index is 1210. The first-order valence-corrected chi connectivity index (χ1v) is 12.7. The second-order valence-corrected chi connectivity index (χ2v) is 11.1. The minimum absolute atomic E-state index is 0.0226. The van der Waals surface area contributed by atoms with Gasteiger partial charge in [0.15, 0.2) is 0 Å². The van der Waals surface area contributed by atoms with Gasteiger partial charge in [-0.25, -0.2) is 13.4 Å². The third-order valence-corrected chi connectivity index (χ3v) is 8.61. The number of amides is 1. The van der Waals surface area contributed by atoms with Crippen molar-refractivity contribution in [3.63, 3.8) is 0 Å². The van der Waals surface area contributed by atoms with Gasteiger partial charge in [-0.05, 0) is 51.0 Å². The van der Waals surface area contributed by atoms with Crippen molar-refractivity contribution in [3.8, 4) is 10.8 Å². The number of hydrogen-bond acceptors (Lipinski definition) is 8. The van der Waals surface area contributed by atoms with E-state index >= 15 is 0 Å². The normalized spacial score (nSPS) is 15.2. The number of nitrogens with zero attached hydrogens (tertiary/aromatic N) is 4. The van der Waals surface area contributed by atoms with E-state index in [0.717, 1.165) is 47.7 Å². The van der Waals surface area contributed by atoms with E-state index in [9.17, 15) is 13.2 Å². The number of anilines is 1. The molecular formula is C21H25N5O4S2. The van der Waals surface area contributed by atoms with Crippen molar-refractivity contribution in [1.29, 1.82) is 0 Å². The van der Waals surface area contributed by atoms with Gasteiger partial charge in [0.1, 0.15) is 4.88 Å². The Kier molecular flexibility index (Phi) is 6.40. The van der Waals surface area contributed by atoms with Gasteiger partial charge < -0.3 is 4.42 Å². The van der Waals surface area contributed by atoms with Crippen LogP contribution in [-0.2, 0) is 10.0 Å². The van der Waals surface area contributed by atoms with E-state index < -0.39 is 15.9 Å². The Morgan fingerprint density at radius 2 is 1.81 bits per heavy atom. The molecule has 32 heavy (non-hydrogen) atoms. The number of nitrogens with one attached hydrogen (secondary N) is 1. The third kappa shape index (κ3) is 4.59. The molecule has 2 aromatic heterocycles. The second-order valence-electron chi connectivity index (χ2n) is 7.85. The van der Waals surface area contributed by atoms with E-state index in [1.807, 2.05) is 13.8 Å². The summed E-state index contributed by atoms with van der Waals surface area (Å²) in [4.78, 5) is 17.8.